The van der Waals surface area contributed by atoms with Crippen molar-refractivity contribution in [2.24, 2.45) is 4.99 Å². The summed E-state index contributed by atoms with van der Waals surface area (Å²) < 4.78 is 21.1. The first-order valence-corrected chi connectivity index (χ1v) is 11.3. The number of carbonyl (C=O) groups excluding carboxylic acids is 2. The number of nitrogens with zero attached hydrogens (tertiary/aromatic N) is 1. The maximum Gasteiger partial charge on any atom is 0.316 e. The summed E-state index contributed by atoms with van der Waals surface area (Å²) in [6.07, 6.45) is 0. The van der Waals surface area contributed by atoms with E-state index in [1.165, 1.54) is 40.2 Å². The van der Waals surface area contributed by atoms with Crippen molar-refractivity contribution in [3.63, 3.8) is 0 Å². The van der Waals surface area contributed by atoms with E-state index in [1.54, 1.807) is 31.2 Å². The van der Waals surface area contributed by atoms with E-state index in [9.17, 15) is 9.59 Å². The Bertz CT molecular complexity index is 1090. The van der Waals surface area contributed by atoms with Crippen LogP contribution in [-0.4, -0.2) is 51.2 Å². The third kappa shape index (κ3) is 5.63. The Hall–Kier alpha value is -3.66. The Labute approximate surface area is 202 Å². The third-order valence-corrected chi connectivity index (χ3v) is 5.91. The normalized spacial score (nSPS) is 15.1. The first kappa shape index (κ1) is 25.0. The number of hydrogen-bond donors (Lipinski definition) is 2. The number of rotatable bonds is 8. The van der Waals surface area contributed by atoms with Crippen molar-refractivity contribution >= 4 is 34.5 Å². The standard InChI is InChI=1S/C24H27N3O6S/c1-14-20(23(29)26-16-9-7-6-8-10-16)21(27-24(25-14)34-13-19(28)32-4)15-11-17(30-2)22(33-5)18(12-15)31-3/h6-12,21H,13H2,1-5H3,(H,25,27)(H,26,29)/t21-/m0/s1. The highest BCUT2D eigenvalue weighted by Crippen LogP contribution is 2.43. The highest BCUT2D eigenvalue weighted by atomic mass is 32.2. The van der Waals surface area contributed by atoms with Gasteiger partial charge in [0.15, 0.2) is 16.7 Å². The summed E-state index contributed by atoms with van der Waals surface area (Å²) >= 11 is 1.19. The Morgan fingerprint density at radius 2 is 1.68 bits per heavy atom. The summed E-state index contributed by atoms with van der Waals surface area (Å²) in [6.45, 7) is 1.79. The van der Waals surface area contributed by atoms with Crippen LogP contribution in [0.4, 0.5) is 5.69 Å². The molecule has 2 aromatic rings. The molecule has 9 nitrogen and oxygen atoms in total. The van der Waals surface area contributed by atoms with Gasteiger partial charge in [0.1, 0.15) is 6.04 Å². The molecule has 0 fully saturated rings. The molecule has 0 radical (unpaired) electrons. The lowest BCUT2D eigenvalue weighted by Crippen LogP contribution is -2.32. The summed E-state index contributed by atoms with van der Waals surface area (Å²) in [5.74, 6) is 0.694. The van der Waals surface area contributed by atoms with Crippen LogP contribution in [-0.2, 0) is 14.3 Å². The van der Waals surface area contributed by atoms with E-state index >= 15 is 0 Å². The molecule has 180 valence electrons. The topological polar surface area (TPSA) is 107 Å². The molecule has 2 N–H and O–H groups in total. The second-order valence-electron chi connectivity index (χ2n) is 7.14. The molecular formula is C24H27N3O6S. The summed E-state index contributed by atoms with van der Waals surface area (Å²) in [4.78, 5) is 29.8. The number of benzene rings is 2. The van der Waals surface area contributed by atoms with Crippen molar-refractivity contribution in [2.75, 3.05) is 39.5 Å². The minimum atomic E-state index is -0.696. The predicted octanol–water partition coefficient (Wildman–Crippen LogP) is 3.53. The number of carbonyl (C=O) groups is 2. The number of hydrogen-bond acceptors (Lipinski definition) is 9. The van der Waals surface area contributed by atoms with E-state index < -0.39 is 6.04 Å². The smallest absolute Gasteiger partial charge is 0.316 e. The first-order chi connectivity index (χ1) is 16.4. The number of para-hydroxylation sites is 1. The Kier molecular flexibility index (Phi) is 8.42. The summed E-state index contributed by atoms with van der Waals surface area (Å²) in [5, 5.41) is 6.53. The molecule has 0 aliphatic carbocycles. The van der Waals surface area contributed by atoms with Gasteiger partial charge >= 0.3 is 5.97 Å². The van der Waals surface area contributed by atoms with E-state index in [2.05, 4.69) is 10.6 Å². The molecule has 10 heteroatoms. The molecule has 0 bridgehead atoms. The molecule has 2 aromatic carbocycles. The summed E-state index contributed by atoms with van der Waals surface area (Å²) in [7, 11) is 5.89. The Balaban J connectivity index is 2.06. The molecule has 1 amide bonds. The lowest BCUT2D eigenvalue weighted by molar-refractivity contribution is -0.137. The minimum absolute atomic E-state index is 0.0726. The maximum atomic E-state index is 13.4. The number of anilines is 1. The zero-order valence-electron chi connectivity index (χ0n) is 19.6. The molecule has 0 spiro atoms. The van der Waals surface area contributed by atoms with Crippen LogP contribution in [0.1, 0.15) is 18.5 Å². The molecule has 34 heavy (non-hydrogen) atoms. The second kappa shape index (κ2) is 11.5. The summed E-state index contributed by atoms with van der Waals surface area (Å²) in [6, 6.07) is 12.0. The van der Waals surface area contributed by atoms with Gasteiger partial charge in [0.05, 0.1) is 39.8 Å². The minimum Gasteiger partial charge on any atom is -0.493 e. The fraction of sp³-hybridized carbons (Fsp3) is 0.292. The Morgan fingerprint density at radius 1 is 1.03 bits per heavy atom. The van der Waals surface area contributed by atoms with Crippen molar-refractivity contribution in [2.45, 2.75) is 13.0 Å². The van der Waals surface area contributed by atoms with Gasteiger partial charge in [-0.1, -0.05) is 30.0 Å². The molecular weight excluding hydrogens is 458 g/mol. The SMILES string of the molecule is COC(=O)CSC1=N[C@@H](c2cc(OC)c(OC)c(OC)c2)C(C(=O)Nc2ccccc2)=C(C)N1. The molecule has 0 saturated carbocycles. The first-order valence-electron chi connectivity index (χ1n) is 10.3. The van der Waals surface area contributed by atoms with Crippen molar-refractivity contribution in [1.29, 1.82) is 0 Å². The third-order valence-electron chi connectivity index (χ3n) is 5.05. The van der Waals surface area contributed by atoms with Crippen LogP contribution in [0.2, 0.25) is 0 Å². The number of amides is 1. The second-order valence-corrected chi connectivity index (χ2v) is 8.11. The molecule has 1 aliphatic rings. The number of aliphatic imine (C=N–C) groups is 1. The zero-order valence-corrected chi connectivity index (χ0v) is 20.4. The van der Waals surface area contributed by atoms with Gasteiger partial charge in [-0.05, 0) is 36.8 Å². The highest BCUT2D eigenvalue weighted by molar-refractivity contribution is 8.14. The molecule has 1 heterocycles. The molecule has 0 unspecified atom stereocenters. The molecule has 3 rings (SSSR count). The lowest BCUT2D eigenvalue weighted by atomic mass is 9.95. The van der Waals surface area contributed by atoms with E-state index in [0.717, 1.165) is 0 Å². The van der Waals surface area contributed by atoms with Gasteiger partial charge in [0, 0.05) is 11.4 Å². The van der Waals surface area contributed by atoms with E-state index in [-0.39, 0.29) is 17.6 Å². The van der Waals surface area contributed by atoms with Crippen LogP contribution < -0.4 is 24.8 Å². The van der Waals surface area contributed by atoms with Gasteiger partial charge in [-0.2, -0.15) is 0 Å². The maximum absolute atomic E-state index is 13.4. The quantitative estimate of drug-likeness (QED) is 0.547. The van der Waals surface area contributed by atoms with Crippen molar-refractivity contribution < 1.29 is 28.5 Å². The molecule has 0 saturated heterocycles. The van der Waals surface area contributed by atoms with Crippen LogP contribution in [0, 0.1) is 0 Å². The van der Waals surface area contributed by atoms with Crippen LogP contribution in [0.3, 0.4) is 0 Å². The largest absolute Gasteiger partial charge is 0.493 e. The van der Waals surface area contributed by atoms with Gasteiger partial charge in [0.25, 0.3) is 5.91 Å². The van der Waals surface area contributed by atoms with Gasteiger partial charge in [0.2, 0.25) is 5.75 Å². The average Bonchev–Trinajstić information content (AvgIpc) is 2.86. The van der Waals surface area contributed by atoms with Crippen LogP contribution >= 0.6 is 11.8 Å². The molecule has 1 atom stereocenters. The Morgan fingerprint density at radius 3 is 2.24 bits per heavy atom. The number of ether oxygens (including phenoxy) is 4. The molecule has 0 aromatic heterocycles. The number of nitrogens with one attached hydrogen (secondary N) is 2. The zero-order chi connectivity index (χ0) is 24.7. The van der Waals surface area contributed by atoms with E-state index in [0.29, 0.717) is 44.9 Å². The lowest BCUT2D eigenvalue weighted by Gasteiger charge is -2.27. The van der Waals surface area contributed by atoms with Gasteiger partial charge in [-0.3, -0.25) is 9.59 Å². The van der Waals surface area contributed by atoms with Gasteiger partial charge in [-0.15, -0.1) is 0 Å². The van der Waals surface area contributed by atoms with Gasteiger partial charge in [-0.25, -0.2) is 4.99 Å². The monoisotopic (exact) mass is 485 g/mol. The highest BCUT2D eigenvalue weighted by Gasteiger charge is 2.31. The number of esters is 1. The fourth-order valence-electron chi connectivity index (χ4n) is 3.42. The number of methoxy groups -OCH3 is 4. The van der Waals surface area contributed by atoms with Crippen molar-refractivity contribution in [1.82, 2.24) is 5.32 Å². The number of amidine groups is 1. The fourth-order valence-corrected chi connectivity index (χ4v) is 4.20. The number of allylic oxidation sites excluding steroid dienone is 1. The van der Waals surface area contributed by atoms with E-state index in [1.807, 2.05) is 18.2 Å². The van der Waals surface area contributed by atoms with Crippen molar-refractivity contribution in [3.05, 3.63) is 59.3 Å². The van der Waals surface area contributed by atoms with Crippen LogP contribution in [0.5, 0.6) is 17.2 Å². The van der Waals surface area contributed by atoms with Crippen LogP contribution in [0.15, 0.2) is 58.7 Å². The summed E-state index contributed by atoms with van der Waals surface area (Å²) in [5.41, 5.74) is 2.34. The average molecular weight is 486 g/mol. The van der Waals surface area contributed by atoms with Crippen molar-refractivity contribution in [3.8, 4) is 17.2 Å². The van der Waals surface area contributed by atoms with Crippen LogP contribution in [0.25, 0.3) is 0 Å². The molecule has 1 aliphatic heterocycles. The number of thioether (sulfide) groups is 1. The van der Waals surface area contributed by atoms with E-state index in [4.69, 9.17) is 23.9 Å². The predicted molar refractivity (Wildman–Crippen MR) is 132 cm³/mol. The van der Waals surface area contributed by atoms with Gasteiger partial charge < -0.3 is 29.6 Å².